The van der Waals surface area contributed by atoms with Gasteiger partial charge in [-0.1, -0.05) is 38.1 Å². The number of hydrogen-bond acceptors (Lipinski definition) is 7. The molecule has 2 aromatic carbocycles. The summed E-state index contributed by atoms with van der Waals surface area (Å²) in [7, 11) is 0. The fraction of sp³-hybridized carbons (Fsp3) is 0.333. The third-order valence-corrected chi connectivity index (χ3v) is 5.42. The van der Waals surface area contributed by atoms with Crippen molar-refractivity contribution < 1.29 is 33.4 Å². The highest BCUT2D eigenvalue weighted by molar-refractivity contribution is 6.22. The highest BCUT2D eigenvalue weighted by atomic mass is 16.6. The molecule has 2 aliphatic heterocycles. The molecular formula is C24H24N2O7. The first kappa shape index (κ1) is 22.3. The van der Waals surface area contributed by atoms with Gasteiger partial charge in [-0.05, 0) is 30.2 Å². The van der Waals surface area contributed by atoms with E-state index in [1.807, 2.05) is 12.1 Å². The van der Waals surface area contributed by atoms with Crippen LogP contribution in [0.1, 0.15) is 34.6 Å². The number of carbonyl (C=O) groups is 4. The first-order valence-corrected chi connectivity index (χ1v) is 10.7. The van der Waals surface area contributed by atoms with Crippen molar-refractivity contribution in [3.63, 3.8) is 0 Å². The summed E-state index contributed by atoms with van der Waals surface area (Å²) < 4.78 is 16.5. The number of fused-ring (bicyclic) bond motifs is 2. The molecule has 2 atom stereocenters. The van der Waals surface area contributed by atoms with E-state index >= 15 is 0 Å². The van der Waals surface area contributed by atoms with Gasteiger partial charge in [0, 0.05) is 0 Å². The summed E-state index contributed by atoms with van der Waals surface area (Å²) in [6.07, 6.45) is -0.388. The van der Waals surface area contributed by atoms with E-state index in [9.17, 15) is 19.2 Å². The zero-order valence-electron chi connectivity index (χ0n) is 18.3. The smallest absolute Gasteiger partial charge is 0.330 e. The Morgan fingerprint density at radius 2 is 1.64 bits per heavy atom. The summed E-state index contributed by atoms with van der Waals surface area (Å²) in [5.74, 6) is -1.62. The van der Waals surface area contributed by atoms with Crippen molar-refractivity contribution in [3.05, 3.63) is 59.7 Å². The van der Waals surface area contributed by atoms with Crippen molar-refractivity contribution in [3.8, 4) is 11.5 Å². The largest absolute Gasteiger partial charge is 0.486 e. The van der Waals surface area contributed by atoms with Crippen molar-refractivity contribution in [1.29, 1.82) is 0 Å². The molecule has 1 unspecified atom stereocenters. The van der Waals surface area contributed by atoms with Crippen LogP contribution in [0.15, 0.2) is 48.5 Å². The Hall–Kier alpha value is -3.88. The summed E-state index contributed by atoms with van der Waals surface area (Å²) >= 11 is 0. The zero-order valence-corrected chi connectivity index (χ0v) is 18.3. The second-order valence-electron chi connectivity index (χ2n) is 8.12. The van der Waals surface area contributed by atoms with Gasteiger partial charge in [-0.2, -0.15) is 0 Å². The van der Waals surface area contributed by atoms with Gasteiger partial charge in [0.05, 0.1) is 17.7 Å². The molecule has 0 radical (unpaired) electrons. The van der Waals surface area contributed by atoms with Crippen LogP contribution in [0.25, 0.3) is 0 Å². The predicted octanol–water partition coefficient (Wildman–Crippen LogP) is 1.81. The van der Waals surface area contributed by atoms with E-state index in [1.54, 1.807) is 50.2 Å². The minimum Gasteiger partial charge on any atom is -0.486 e. The SMILES string of the molecule is CC(C)[C@@H](C(=O)OCC(=O)NCC1COc2ccccc2O1)N1C(=O)c2ccccc2C1=O. The average Bonchev–Trinajstić information content (AvgIpc) is 3.06. The number of rotatable bonds is 7. The Morgan fingerprint density at radius 3 is 2.27 bits per heavy atom. The molecule has 1 N–H and O–H groups in total. The normalized spacial score (nSPS) is 17.5. The summed E-state index contributed by atoms with van der Waals surface area (Å²) in [6.45, 7) is 3.29. The van der Waals surface area contributed by atoms with Crippen molar-refractivity contribution in [2.75, 3.05) is 19.8 Å². The summed E-state index contributed by atoms with van der Waals surface area (Å²) in [5.41, 5.74) is 0.491. The number of benzene rings is 2. The number of ether oxygens (including phenoxy) is 3. The van der Waals surface area contributed by atoms with E-state index in [1.165, 1.54) is 0 Å². The third-order valence-electron chi connectivity index (χ3n) is 5.42. The minimum atomic E-state index is -1.14. The van der Waals surface area contributed by atoms with E-state index < -0.39 is 42.3 Å². The Kier molecular flexibility index (Phi) is 6.30. The standard InChI is InChI=1S/C24H24N2O7/c1-14(2)21(26-22(28)16-7-3-4-8-17(16)23(26)29)24(30)32-13-20(27)25-11-15-12-31-18-9-5-6-10-19(18)33-15/h3-10,14-15,21H,11-13H2,1-2H3,(H,25,27)/t15?,21-/m0/s1. The molecular weight excluding hydrogens is 428 g/mol. The van der Waals surface area contributed by atoms with Crippen LogP contribution >= 0.6 is 0 Å². The highest BCUT2D eigenvalue weighted by Crippen LogP contribution is 2.31. The lowest BCUT2D eigenvalue weighted by Crippen LogP contribution is -2.49. The lowest BCUT2D eigenvalue weighted by Gasteiger charge is -2.28. The van der Waals surface area contributed by atoms with Crippen molar-refractivity contribution in [2.45, 2.75) is 26.0 Å². The van der Waals surface area contributed by atoms with Gasteiger partial charge in [-0.15, -0.1) is 0 Å². The molecule has 0 bridgehead atoms. The van der Waals surface area contributed by atoms with Crippen LogP contribution in [0.3, 0.4) is 0 Å². The molecule has 2 heterocycles. The summed E-state index contributed by atoms with van der Waals surface area (Å²) in [6, 6.07) is 12.5. The molecule has 9 heteroatoms. The molecule has 0 spiro atoms. The lowest BCUT2D eigenvalue weighted by atomic mass is 10.0. The zero-order chi connectivity index (χ0) is 23.5. The van der Waals surface area contributed by atoms with Crippen LogP contribution in [-0.4, -0.2) is 60.5 Å². The maximum Gasteiger partial charge on any atom is 0.330 e. The van der Waals surface area contributed by atoms with Crippen LogP contribution in [-0.2, 0) is 14.3 Å². The fourth-order valence-corrected chi connectivity index (χ4v) is 3.80. The molecule has 33 heavy (non-hydrogen) atoms. The molecule has 0 aliphatic carbocycles. The van der Waals surface area contributed by atoms with Gasteiger partial charge in [0.25, 0.3) is 17.7 Å². The predicted molar refractivity (Wildman–Crippen MR) is 116 cm³/mol. The van der Waals surface area contributed by atoms with Crippen LogP contribution in [0.5, 0.6) is 11.5 Å². The fourth-order valence-electron chi connectivity index (χ4n) is 3.80. The monoisotopic (exact) mass is 452 g/mol. The van der Waals surface area contributed by atoms with E-state index in [4.69, 9.17) is 14.2 Å². The molecule has 2 aliphatic rings. The molecule has 9 nitrogen and oxygen atoms in total. The quantitative estimate of drug-likeness (QED) is 0.504. The molecule has 0 saturated heterocycles. The van der Waals surface area contributed by atoms with Gasteiger partial charge in [-0.3, -0.25) is 19.3 Å². The van der Waals surface area contributed by atoms with Gasteiger partial charge in [0.1, 0.15) is 18.8 Å². The molecule has 172 valence electrons. The second kappa shape index (κ2) is 9.32. The average molecular weight is 452 g/mol. The first-order chi connectivity index (χ1) is 15.9. The number of hydrogen-bond donors (Lipinski definition) is 1. The van der Waals surface area contributed by atoms with Crippen LogP contribution in [0.2, 0.25) is 0 Å². The first-order valence-electron chi connectivity index (χ1n) is 10.7. The van der Waals surface area contributed by atoms with E-state index in [-0.39, 0.29) is 30.4 Å². The lowest BCUT2D eigenvalue weighted by molar-refractivity contribution is -0.153. The van der Waals surface area contributed by atoms with E-state index in [0.717, 1.165) is 4.90 Å². The Labute approximate surface area is 190 Å². The second-order valence-corrected chi connectivity index (χ2v) is 8.12. The number of nitrogens with zero attached hydrogens (tertiary/aromatic N) is 1. The number of imide groups is 1. The van der Waals surface area contributed by atoms with Crippen molar-refractivity contribution in [2.24, 2.45) is 5.92 Å². The molecule has 0 fully saturated rings. The highest BCUT2D eigenvalue weighted by Gasteiger charge is 2.44. The molecule has 0 saturated carbocycles. The maximum absolute atomic E-state index is 12.8. The van der Waals surface area contributed by atoms with Crippen molar-refractivity contribution in [1.82, 2.24) is 10.2 Å². The van der Waals surface area contributed by atoms with Gasteiger partial charge < -0.3 is 19.5 Å². The molecule has 4 rings (SSSR count). The number of para-hydroxylation sites is 2. The van der Waals surface area contributed by atoms with Crippen LogP contribution in [0, 0.1) is 5.92 Å². The van der Waals surface area contributed by atoms with Gasteiger partial charge in [0.15, 0.2) is 18.1 Å². The number of esters is 1. The molecule has 2 aromatic rings. The minimum absolute atomic E-state index is 0.163. The number of nitrogens with one attached hydrogen (secondary N) is 1. The summed E-state index contributed by atoms with van der Waals surface area (Å²) in [5, 5.41) is 2.64. The molecule has 0 aromatic heterocycles. The summed E-state index contributed by atoms with van der Waals surface area (Å²) in [4.78, 5) is 51.4. The Bertz CT molecular complexity index is 1060. The van der Waals surface area contributed by atoms with Crippen LogP contribution in [0.4, 0.5) is 0 Å². The van der Waals surface area contributed by atoms with Crippen LogP contribution < -0.4 is 14.8 Å². The van der Waals surface area contributed by atoms with Gasteiger partial charge in [0.2, 0.25) is 0 Å². The third kappa shape index (κ3) is 4.52. The maximum atomic E-state index is 12.8. The Morgan fingerprint density at radius 1 is 1.03 bits per heavy atom. The number of carbonyl (C=O) groups excluding carboxylic acids is 4. The van der Waals surface area contributed by atoms with E-state index in [2.05, 4.69) is 5.32 Å². The van der Waals surface area contributed by atoms with E-state index in [0.29, 0.717) is 11.5 Å². The van der Waals surface area contributed by atoms with Gasteiger partial charge >= 0.3 is 5.97 Å². The Balaban J connectivity index is 1.31. The molecule has 3 amide bonds. The topological polar surface area (TPSA) is 111 Å². The number of amides is 3. The van der Waals surface area contributed by atoms with Crippen molar-refractivity contribution >= 4 is 23.7 Å². The van der Waals surface area contributed by atoms with Gasteiger partial charge in [-0.25, -0.2) is 4.79 Å².